The number of hydrogen-bond acceptors (Lipinski definition) is 8. The van der Waals surface area contributed by atoms with Crippen LogP contribution in [0.3, 0.4) is 0 Å². The predicted octanol–water partition coefficient (Wildman–Crippen LogP) is 5.90. The van der Waals surface area contributed by atoms with Crippen LogP contribution in [-0.4, -0.2) is 39.2 Å². The maximum absolute atomic E-state index is 13.4. The number of nitrogens with one attached hydrogen (secondary N) is 2. The van der Waals surface area contributed by atoms with E-state index in [4.69, 9.17) is 16.3 Å². The first-order chi connectivity index (χ1) is 18.2. The number of aryl methyl sites for hydroxylation is 1. The second kappa shape index (κ2) is 10.8. The molecule has 0 aliphatic carbocycles. The van der Waals surface area contributed by atoms with Crippen LogP contribution in [0.15, 0.2) is 59.0 Å². The number of nitrogens with zero attached hydrogens (tertiary/aromatic N) is 4. The SMILES string of the molecule is COc1c(NC(=O)c2ccc(C)c(N3CC(c4ccc(Cl)nc4)N=N3)c2)cc(C(C)(C)C)cc1NS(C)(=O)=O. The summed E-state index contributed by atoms with van der Waals surface area (Å²) in [6, 6.07) is 12.2. The molecule has 0 saturated heterocycles. The number of methoxy groups -OCH3 is 1. The van der Waals surface area contributed by atoms with Gasteiger partial charge in [-0.3, -0.25) is 9.52 Å². The van der Waals surface area contributed by atoms with E-state index in [1.54, 1.807) is 41.5 Å². The third-order valence-corrected chi connectivity index (χ3v) is 7.05. The van der Waals surface area contributed by atoms with Crippen LogP contribution in [-0.2, 0) is 15.4 Å². The van der Waals surface area contributed by atoms with E-state index in [1.165, 1.54) is 7.11 Å². The number of carbonyl (C=O) groups excluding carboxylic acids is 1. The lowest BCUT2D eigenvalue weighted by molar-refractivity contribution is 0.102. The summed E-state index contributed by atoms with van der Waals surface area (Å²) in [5.41, 5.74) is 4.03. The highest BCUT2D eigenvalue weighted by atomic mass is 35.5. The Kier molecular flexibility index (Phi) is 7.85. The minimum absolute atomic E-state index is 0.210. The Labute approximate surface area is 233 Å². The topological polar surface area (TPSA) is 125 Å². The molecular formula is C27H31ClN6O4S. The van der Waals surface area contributed by atoms with Crippen molar-refractivity contribution in [2.75, 3.05) is 35.0 Å². The summed E-state index contributed by atoms with van der Waals surface area (Å²) in [6.07, 6.45) is 2.74. The van der Waals surface area contributed by atoms with Crippen LogP contribution in [0, 0.1) is 6.92 Å². The molecule has 0 spiro atoms. The molecule has 206 valence electrons. The maximum atomic E-state index is 13.4. The number of carbonyl (C=O) groups is 1. The number of hydrogen-bond donors (Lipinski definition) is 2. The molecule has 0 saturated carbocycles. The van der Waals surface area contributed by atoms with Crippen LogP contribution in [0.1, 0.15) is 53.9 Å². The molecule has 39 heavy (non-hydrogen) atoms. The molecule has 0 bridgehead atoms. The van der Waals surface area contributed by atoms with Gasteiger partial charge in [-0.2, -0.15) is 5.11 Å². The van der Waals surface area contributed by atoms with Gasteiger partial charge in [-0.25, -0.2) is 18.4 Å². The van der Waals surface area contributed by atoms with Crippen molar-refractivity contribution in [1.29, 1.82) is 0 Å². The first-order valence-electron chi connectivity index (χ1n) is 12.2. The normalized spacial score (nSPS) is 15.4. The van der Waals surface area contributed by atoms with E-state index in [2.05, 4.69) is 25.4 Å². The number of amides is 1. The molecule has 3 aromatic rings. The van der Waals surface area contributed by atoms with Crippen molar-refractivity contribution in [3.05, 3.63) is 76.1 Å². The van der Waals surface area contributed by atoms with Gasteiger partial charge in [-0.15, -0.1) is 0 Å². The van der Waals surface area contributed by atoms with Gasteiger partial charge < -0.3 is 10.1 Å². The molecule has 1 aliphatic rings. The number of pyridine rings is 1. The Balaban J connectivity index is 1.63. The highest BCUT2D eigenvalue weighted by Crippen LogP contribution is 2.39. The van der Waals surface area contributed by atoms with E-state index < -0.39 is 10.0 Å². The van der Waals surface area contributed by atoms with Crippen molar-refractivity contribution in [2.45, 2.75) is 39.2 Å². The average molecular weight is 571 g/mol. The zero-order valence-electron chi connectivity index (χ0n) is 22.6. The van der Waals surface area contributed by atoms with Gasteiger partial charge in [0.15, 0.2) is 5.75 Å². The van der Waals surface area contributed by atoms with Crippen molar-refractivity contribution in [2.24, 2.45) is 10.3 Å². The molecule has 2 aromatic carbocycles. The third kappa shape index (κ3) is 6.66. The number of halogens is 1. The van der Waals surface area contributed by atoms with Crippen LogP contribution >= 0.6 is 11.6 Å². The quantitative estimate of drug-likeness (QED) is 0.341. The standard InChI is InChI=1S/C27H31ClN6O4S/c1-16-7-8-17(11-23(16)34-15-22(31-33-34)18-9-10-24(28)29-14-18)26(35)30-20-12-19(27(2,3)4)13-21(25(20)38-5)32-39(6,36)37/h7-14,22,32H,15H2,1-6H3,(H,30,35). The summed E-state index contributed by atoms with van der Waals surface area (Å²) in [7, 11) is -2.17. The molecule has 0 radical (unpaired) electrons. The minimum Gasteiger partial charge on any atom is -0.492 e. The van der Waals surface area contributed by atoms with E-state index in [0.717, 1.165) is 28.6 Å². The summed E-state index contributed by atoms with van der Waals surface area (Å²) in [5.74, 6) is -0.178. The summed E-state index contributed by atoms with van der Waals surface area (Å²) in [6.45, 7) is 8.40. The Morgan fingerprint density at radius 2 is 1.85 bits per heavy atom. The van der Waals surface area contributed by atoms with Crippen LogP contribution in [0.25, 0.3) is 0 Å². The fourth-order valence-corrected chi connectivity index (χ4v) is 4.80. The number of anilines is 3. The molecule has 10 nitrogen and oxygen atoms in total. The zero-order chi connectivity index (χ0) is 28.5. The van der Waals surface area contributed by atoms with E-state index in [1.807, 2.05) is 39.8 Å². The fourth-order valence-electron chi connectivity index (χ4n) is 4.14. The molecule has 12 heteroatoms. The van der Waals surface area contributed by atoms with Crippen LogP contribution in [0.4, 0.5) is 17.1 Å². The largest absolute Gasteiger partial charge is 0.492 e. The number of aromatic nitrogens is 1. The van der Waals surface area contributed by atoms with Crippen LogP contribution in [0.2, 0.25) is 5.15 Å². The second-order valence-electron chi connectivity index (χ2n) is 10.4. The molecule has 0 fully saturated rings. The third-order valence-electron chi connectivity index (χ3n) is 6.23. The van der Waals surface area contributed by atoms with Gasteiger partial charge in [0.1, 0.15) is 11.2 Å². The van der Waals surface area contributed by atoms with Crippen molar-refractivity contribution in [3.8, 4) is 5.75 Å². The Hall–Kier alpha value is -3.70. The fraction of sp³-hybridized carbons (Fsp3) is 0.333. The predicted molar refractivity (Wildman–Crippen MR) is 153 cm³/mol. The number of benzene rings is 2. The van der Waals surface area contributed by atoms with Crippen LogP contribution < -0.4 is 19.8 Å². The number of ether oxygens (including phenoxy) is 1. The summed E-state index contributed by atoms with van der Waals surface area (Å²) in [5, 5.41) is 13.7. The smallest absolute Gasteiger partial charge is 0.255 e. The first-order valence-corrected chi connectivity index (χ1v) is 14.4. The molecule has 1 unspecified atom stereocenters. The number of sulfonamides is 1. The van der Waals surface area contributed by atoms with E-state index in [9.17, 15) is 13.2 Å². The highest BCUT2D eigenvalue weighted by molar-refractivity contribution is 7.92. The Bertz CT molecular complexity index is 1540. The molecule has 4 rings (SSSR count). The molecule has 1 aliphatic heterocycles. The van der Waals surface area contributed by atoms with Gasteiger partial charge in [0.05, 0.1) is 37.0 Å². The average Bonchev–Trinajstić information content (AvgIpc) is 3.33. The minimum atomic E-state index is -3.59. The molecule has 1 amide bonds. The zero-order valence-corrected chi connectivity index (χ0v) is 24.2. The van der Waals surface area contributed by atoms with Crippen molar-refractivity contribution in [1.82, 2.24) is 4.98 Å². The van der Waals surface area contributed by atoms with Gasteiger partial charge in [0.2, 0.25) is 10.0 Å². The van der Waals surface area contributed by atoms with E-state index in [0.29, 0.717) is 22.9 Å². The Morgan fingerprint density at radius 3 is 2.46 bits per heavy atom. The lowest BCUT2D eigenvalue weighted by Crippen LogP contribution is -2.20. The Morgan fingerprint density at radius 1 is 1.13 bits per heavy atom. The molecule has 1 aromatic heterocycles. The lowest BCUT2D eigenvalue weighted by atomic mass is 9.86. The van der Waals surface area contributed by atoms with Gasteiger partial charge >= 0.3 is 0 Å². The van der Waals surface area contributed by atoms with Gasteiger partial charge in [-0.1, -0.05) is 49.7 Å². The monoisotopic (exact) mass is 570 g/mol. The summed E-state index contributed by atoms with van der Waals surface area (Å²) >= 11 is 5.90. The molecular weight excluding hydrogens is 540 g/mol. The van der Waals surface area contributed by atoms with Gasteiger partial charge in [0.25, 0.3) is 5.91 Å². The lowest BCUT2D eigenvalue weighted by Gasteiger charge is -2.24. The van der Waals surface area contributed by atoms with Crippen LogP contribution in [0.5, 0.6) is 5.75 Å². The van der Waals surface area contributed by atoms with Crippen molar-refractivity contribution >= 4 is 44.6 Å². The molecule has 2 heterocycles. The molecule has 1 atom stereocenters. The maximum Gasteiger partial charge on any atom is 0.255 e. The first kappa shape index (κ1) is 28.3. The number of rotatable bonds is 7. The molecule has 2 N–H and O–H groups in total. The van der Waals surface area contributed by atoms with Crippen molar-refractivity contribution < 1.29 is 17.9 Å². The van der Waals surface area contributed by atoms with Gasteiger partial charge in [0, 0.05) is 11.8 Å². The second-order valence-corrected chi connectivity index (χ2v) is 12.5. The summed E-state index contributed by atoms with van der Waals surface area (Å²) in [4.78, 5) is 17.6. The van der Waals surface area contributed by atoms with Crippen molar-refractivity contribution in [3.63, 3.8) is 0 Å². The summed E-state index contributed by atoms with van der Waals surface area (Å²) < 4.78 is 32.1. The van der Waals surface area contributed by atoms with Gasteiger partial charge in [-0.05, 0) is 59.4 Å². The van der Waals surface area contributed by atoms with E-state index in [-0.39, 0.29) is 28.8 Å². The highest BCUT2D eigenvalue weighted by Gasteiger charge is 2.26. The van der Waals surface area contributed by atoms with E-state index >= 15 is 0 Å².